The summed E-state index contributed by atoms with van der Waals surface area (Å²) in [6.07, 6.45) is 0.525. The van der Waals surface area contributed by atoms with E-state index < -0.39 is 11.7 Å². The highest BCUT2D eigenvalue weighted by molar-refractivity contribution is 7.12. The smallest absolute Gasteiger partial charge is 0.262 e. The molecule has 32 heavy (non-hydrogen) atoms. The lowest BCUT2D eigenvalue weighted by Gasteiger charge is -2.26. The van der Waals surface area contributed by atoms with Gasteiger partial charge in [0.25, 0.3) is 11.8 Å². The largest absolute Gasteiger partial charge is 0.496 e. The Kier molecular flexibility index (Phi) is 6.32. The molecule has 0 saturated carbocycles. The maximum atomic E-state index is 14.0. The summed E-state index contributed by atoms with van der Waals surface area (Å²) in [5.74, 6) is -0.886. The highest BCUT2D eigenvalue weighted by Crippen LogP contribution is 2.38. The van der Waals surface area contributed by atoms with Crippen LogP contribution < -0.4 is 4.74 Å². The fraction of sp³-hybridized carbons (Fsp3) is 0.208. The van der Waals surface area contributed by atoms with Crippen molar-refractivity contribution in [3.63, 3.8) is 0 Å². The van der Waals surface area contributed by atoms with Crippen molar-refractivity contribution in [2.45, 2.75) is 12.5 Å². The summed E-state index contributed by atoms with van der Waals surface area (Å²) in [4.78, 5) is 28.1. The van der Waals surface area contributed by atoms with Crippen LogP contribution in [0.4, 0.5) is 4.39 Å². The van der Waals surface area contributed by atoms with E-state index in [0.717, 1.165) is 16.2 Å². The number of ether oxygens (including phenoxy) is 1. The third-order valence-electron chi connectivity index (χ3n) is 5.29. The third-order valence-corrected chi connectivity index (χ3v) is 6.21. The summed E-state index contributed by atoms with van der Waals surface area (Å²) in [5, 5.41) is 7.98. The first kappa shape index (κ1) is 21.7. The Labute approximate surface area is 189 Å². The van der Waals surface area contributed by atoms with E-state index in [4.69, 9.17) is 4.74 Å². The number of carbonyl (C=O) groups excluding carboxylic acids is 2. The number of methoxy groups -OCH3 is 1. The van der Waals surface area contributed by atoms with Crippen molar-refractivity contribution < 1.29 is 18.7 Å². The van der Waals surface area contributed by atoms with E-state index in [-0.39, 0.29) is 24.1 Å². The van der Waals surface area contributed by atoms with Crippen molar-refractivity contribution >= 4 is 28.9 Å². The second-order valence-corrected chi connectivity index (χ2v) is 8.31. The molecule has 1 unspecified atom stereocenters. The molecular formula is C24H22FN3O3S. The average Bonchev–Trinajstić information content (AvgIpc) is 3.49. The number of carbonyl (C=O) groups is 2. The highest BCUT2D eigenvalue weighted by atomic mass is 32.1. The molecule has 1 atom stereocenters. The maximum absolute atomic E-state index is 14.0. The Bertz CT molecular complexity index is 1160. The van der Waals surface area contributed by atoms with Crippen LogP contribution in [0, 0.1) is 5.82 Å². The van der Waals surface area contributed by atoms with Crippen molar-refractivity contribution in [3.05, 3.63) is 87.9 Å². The third kappa shape index (κ3) is 4.27. The van der Waals surface area contributed by atoms with E-state index in [0.29, 0.717) is 12.2 Å². The number of thiophene rings is 1. The summed E-state index contributed by atoms with van der Waals surface area (Å²) >= 11 is 1.55. The van der Waals surface area contributed by atoms with Gasteiger partial charge in [0.05, 0.1) is 29.3 Å². The zero-order valence-electron chi connectivity index (χ0n) is 17.7. The minimum absolute atomic E-state index is 0.0757. The van der Waals surface area contributed by atoms with Gasteiger partial charge in [0.15, 0.2) is 0 Å². The van der Waals surface area contributed by atoms with Crippen LogP contribution in [0.15, 0.2) is 71.1 Å². The van der Waals surface area contributed by atoms with Crippen LogP contribution in [-0.4, -0.2) is 48.1 Å². The number of hydrogen-bond acceptors (Lipinski definition) is 5. The molecule has 0 bridgehead atoms. The first-order valence-electron chi connectivity index (χ1n) is 10.1. The first-order chi connectivity index (χ1) is 15.5. The summed E-state index contributed by atoms with van der Waals surface area (Å²) in [7, 11) is 3.06. The van der Waals surface area contributed by atoms with E-state index in [1.807, 2.05) is 41.8 Å². The Morgan fingerprint density at radius 2 is 1.91 bits per heavy atom. The summed E-state index contributed by atoms with van der Waals surface area (Å²) in [5.41, 5.74) is 1.56. The Morgan fingerprint density at radius 3 is 2.62 bits per heavy atom. The zero-order valence-corrected chi connectivity index (χ0v) is 18.5. The van der Waals surface area contributed by atoms with Crippen molar-refractivity contribution in [1.29, 1.82) is 0 Å². The van der Waals surface area contributed by atoms with Crippen molar-refractivity contribution in [2.24, 2.45) is 5.10 Å². The molecule has 0 aliphatic carbocycles. The monoisotopic (exact) mass is 451 g/mol. The molecule has 0 radical (unpaired) electrons. The highest BCUT2D eigenvalue weighted by Gasteiger charge is 2.35. The standard InChI is InChI=1S/C24H22FN3O3S/c1-27(24(30)16-8-3-5-10-18(16)25)15-23(29)28-20(17-9-4-6-11-21(17)31-2)14-19(26-28)22-12-7-13-32-22/h3-13,20H,14-15H2,1-2H3. The molecule has 0 spiro atoms. The lowest BCUT2D eigenvalue weighted by atomic mass is 10.00. The van der Waals surface area contributed by atoms with E-state index in [1.165, 1.54) is 35.2 Å². The minimum Gasteiger partial charge on any atom is -0.496 e. The fourth-order valence-electron chi connectivity index (χ4n) is 3.70. The molecule has 1 aliphatic heterocycles. The van der Waals surface area contributed by atoms with Crippen LogP contribution in [0.2, 0.25) is 0 Å². The van der Waals surface area contributed by atoms with E-state index in [1.54, 1.807) is 24.5 Å². The number of likely N-dealkylation sites (N-methyl/N-ethyl adjacent to an activating group) is 1. The van der Waals surface area contributed by atoms with Gasteiger partial charge in [0.1, 0.15) is 18.1 Å². The first-order valence-corrected chi connectivity index (χ1v) is 10.9. The van der Waals surface area contributed by atoms with E-state index in [2.05, 4.69) is 5.10 Å². The molecule has 2 heterocycles. The fourth-order valence-corrected chi connectivity index (χ4v) is 4.42. The van der Waals surface area contributed by atoms with Gasteiger partial charge in [-0.25, -0.2) is 9.40 Å². The molecule has 0 fully saturated rings. The van der Waals surface area contributed by atoms with Gasteiger partial charge in [-0.05, 0) is 29.6 Å². The Morgan fingerprint density at radius 1 is 1.16 bits per heavy atom. The lowest BCUT2D eigenvalue weighted by Crippen LogP contribution is -2.39. The molecule has 1 aliphatic rings. The molecule has 6 nitrogen and oxygen atoms in total. The number of hydrazone groups is 1. The van der Waals surface area contributed by atoms with Gasteiger partial charge in [0.2, 0.25) is 0 Å². The van der Waals surface area contributed by atoms with Crippen LogP contribution in [0.3, 0.4) is 0 Å². The van der Waals surface area contributed by atoms with Crippen molar-refractivity contribution in [3.8, 4) is 5.75 Å². The van der Waals surface area contributed by atoms with E-state index in [9.17, 15) is 14.0 Å². The summed E-state index contributed by atoms with van der Waals surface area (Å²) in [6.45, 7) is -0.236. The Hall–Kier alpha value is -3.52. The number of para-hydroxylation sites is 1. The minimum atomic E-state index is -0.622. The quantitative estimate of drug-likeness (QED) is 0.560. The molecule has 2 aromatic carbocycles. The van der Waals surface area contributed by atoms with Crippen molar-refractivity contribution in [1.82, 2.24) is 9.91 Å². The van der Waals surface area contributed by atoms with Gasteiger partial charge in [-0.3, -0.25) is 9.59 Å². The second kappa shape index (κ2) is 9.32. The van der Waals surface area contributed by atoms with Gasteiger partial charge in [-0.15, -0.1) is 11.3 Å². The van der Waals surface area contributed by atoms with Gasteiger partial charge in [-0.2, -0.15) is 5.10 Å². The summed E-state index contributed by atoms with van der Waals surface area (Å²) < 4.78 is 19.5. The SMILES string of the molecule is COc1ccccc1C1CC(c2cccs2)=NN1C(=O)CN(C)C(=O)c1ccccc1F. The molecular weight excluding hydrogens is 429 g/mol. The second-order valence-electron chi connectivity index (χ2n) is 7.37. The van der Waals surface area contributed by atoms with Crippen LogP contribution in [0.25, 0.3) is 0 Å². The number of amides is 2. The van der Waals surface area contributed by atoms with Gasteiger partial charge in [0, 0.05) is 19.0 Å². The van der Waals surface area contributed by atoms with E-state index >= 15 is 0 Å². The molecule has 0 saturated heterocycles. The van der Waals surface area contributed by atoms with Crippen LogP contribution >= 0.6 is 11.3 Å². The zero-order chi connectivity index (χ0) is 22.7. The van der Waals surface area contributed by atoms with Gasteiger partial charge < -0.3 is 9.64 Å². The molecule has 8 heteroatoms. The van der Waals surface area contributed by atoms with Gasteiger partial charge >= 0.3 is 0 Å². The normalized spacial score (nSPS) is 15.4. The molecule has 4 rings (SSSR count). The van der Waals surface area contributed by atoms with Crippen LogP contribution in [0.5, 0.6) is 5.75 Å². The number of halogens is 1. The molecule has 164 valence electrons. The predicted molar refractivity (Wildman–Crippen MR) is 121 cm³/mol. The van der Waals surface area contributed by atoms with Crippen LogP contribution in [0.1, 0.15) is 33.3 Å². The molecule has 0 N–H and O–H groups in total. The summed E-state index contributed by atoms with van der Waals surface area (Å²) in [6, 6.07) is 16.8. The topological polar surface area (TPSA) is 62.2 Å². The lowest BCUT2D eigenvalue weighted by molar-refractivity contribution is -0.133. The number of benzene rings is 2. The average molecular weight is 452 g/mol. The van der Waals surface area contributed by atoms with Crippen LogP contribution in [-0.2, 0) is 4.79 Å². The van der Waals surface area contributed by atoms with Gasteiger partial charge in [-0.1, -0.05) is 36.4 Å². The maximum Gasteiger partial charge on any atom is 0.262 e. The number of rotatable bonds is 6. The molecule has 1 aromatic heterocycles. The Balaban J connectivity index is 1.61. The number of nitrogens with zero attached hydrogens (tertiary/aromatic N) is 3. The number of hydrogen-bond donors (Lipinski definition) is 0. The van der Waals surface area contributed by atoms with Crippen molar-refractivity contribution in [2.75, 3.05) is 20.7 Å². The molecule has 3 aromatic rings. The molecule has 2 amide bonds. The predicted octanol–water partition coefficient (Wildman–Crippen LogP) is 4.35.